The normalized spacial score (nSPS) is 13.7. The number of Topliss-reactive ketones (excluding diaryl/α,β-unsaturated/α-hetero) is 1. The van der Waals surface area contributed by atoms with Gasteiger partial charge in [-0.15, -0.1) is 0 Å². The molecule has 6 nitrogen and oxygen atoms in total. The molecule has 6 heteroatoms. The van der Waals surface area contributed by atoms with Gasteiger partial charge in [0, 0.05) is 6.07 Å². The molecule has 0 saturated heterocycles. The van der Waals surface area contributed by atoms with E-state index in [0.29, 0.717) is 46.5 Å². The second kappa shape index (κ2) is 9.96. The molecule has 33 heavy (non-hydrogen) atoms. The van der Waals surface area contributed by atoms with Crippen LogP contribution in [-0.4, -0.2) is 33.7 Å². The van der Waals surface area contributed by atoms with Crippen LogP contribution >= 0.6 is 0 Å². The highest BCUT2D eigenvalue weighted by Gasteiger charge is 2.28. The molecule has 1 heterocycles. The van der Waals surface area contributed by atoms with E-state index in [9.17, 15) is 4.79 Å². The number of ether oxygens (including phenoxy) is 5. The molecule has 3 aromatic rings. The van der Waals surface area contributed by atoms with E-state index in [1.165, 1.54) is 21.3 Å². The molecule has 0 N–H and O–H groups in total. The number of hydrogen-bond donors (Lipinski definition) is 0. The van der Waals surface area contributed by atoms with E-state index in [4.69, 9.17) is 23.7 Å². The van der Waals surface area contributed by atoms with Crippen LogP contribution in [0.4, 0.5) is 0 Å². The molecule has 0 atom stereocenters. The van der Waals surface area contributed by atoms with Gasteiger partial charge >= 0.3 is 0 Å². The van der Waals surface area contributed by atoms with Gasteiger partial charge in [0.15, 0.2) is 17.3 Å². The van der Waals surface area contributed by atoms with E-state index in [1.807, 2.05) is 42.5 Å². The summed E-state index contributed by atoms with van der Waals surface area (Å²) in [6, 6.07) is 18.7. The Balaban J connectivity index is 1.49. The van der Waals surface area contributed by atoms with E-state index in [-0.39, 0.29) is 11.5 Å². The van der Waals surface area contributed by atoms with Crippen molar-refractivity contribution in [2.24, 2.45) is 0 Å². The van der Waals surface area contributed by atoms with E-state index in [2.05, 4.69) is 0 Å². The van der Waals surface area contributed by atoms with Gasteiger partial charge in [-0.25, -0.2) is 0 Å². The Morgan fingerprint density at radius 3 is 2.24 bits per heavy atom. The van der Waals surface area contributed by atoms with Crippen molar-refractivity contribution in [3.63, 3.8) is 0 Å². The van der Waals surface area contributed by atoms with Crippen molar-refractivity contribution in [1.29, 1.82) is 0 Å². The molecule has 0 unspecified atom stereocenters. The molecule has 0 fully saturated rings. The maximum atomic E-state index is 12.8. The predicted molar refractivity (Wildman–Crippen MR) is 126 cm³/mol. The van der Waals surface area contributed by atoms with Gasteiger partial charge in [0.05, 0.1) is 26.9 Å². The highest BCUT2D eigenvalue weighted by atomic mass is 16.5. The lowest BCUT2D eigenvalue weighted by Gasteiger charge is -2.13. The first-order valence-electron chi connectivity index (χ1n) is 10.4. The highest BCUT2D eigenvalue weighted by Crippen LogP contribution is 2.40. The average Bonchev–Trinajstić information content (AvgIpc) is 3.16. The van der Waals surface area contributed by atoms with Gasteiger partial charge in [-0.1, -0.05) is 36.4 Å². The topological polar surface area (TPSA) is 63.2 Å². The maximum absolute atomic E-state index is 12.8. The van der Waals surface area contributed by atoms with Crippen molar-refractivity contribution in [3.05, 3.63) is 89.2 Å². The summed E-state index contributed by atoms with van der Waals surface area (Å²) in [5.74, 6) is 2.55. The third-order valence-corrected chi connectivity index (χ3v) is 5.08. The lowest BCUT2D eigenvalue weighted by atomic mass is 10.1. The molecule has 0 bridgehead atoms. The summed E-state index contributed by atoms with van der Waals surface area (Å²) in [5, 5.41) is 0. The van der Waals surface area contributed by atoms with Crippen LogP contribution in [0.1, 0.15) is 21.5 Å². The van der Waals surface area contributed by atoms with Gasteiger partial charge in [-0.2, -0.15) is 0 Å². The Labute approximate surface area is 192 Å². The monoisotopic (exact) mass is 444 g/mol. The SMILES string of the molecule is COc1cc(C=C2Oc3cc(OCC=Cc4ccccc4)ccc3C2=O)cc(OC)c1OC. The lowest BCUT2D eigenvalue weighted by Crippen LogP contribution is -1.99. The number of carbonyl (C=O) groups is 1. The van der Waals surface area contributed by atoms with Crippen molar-refractivity contribution < 1.29 is 28.5 Å². The molecule has 0 aromatic heterocycles. The second-order valence-electron chi connectivity index (χ2n) is 7.18. The van der Waals surface area contributed by atoms with Crippen LogP contribution < -0.4 is 23.7 Å². The summed E-state index contributed by atoms with van der Waals surface area (Å²) in [6.45, 7) is 0.399. The largest absolute Gasteiger partial charge is 0.493 e. The van der Waals surface area contributed by atoms with E-state index >= 15 is 0 Å². The Morgan fingerprint density at radius 1 is 0.848 bits per heavy atom. The molecular weight excluding hydrogens is 420 g/mol. The maximum Gasteiger partial charge on any atom is 0.231 e. The number of allylic oxidation sites excluding steroid dienone is 1. The minimum atomic E-state index is -0.200. The van der Waals surface area contributed by atoms with Gasteiger partial charge in [-0.05, 0) is 47.5 Å². The number of carbonyl (C=O) groups excluding carboxylic acids is 1. The minimum Gasteiger partial charge on any atom is -0.493 e. The van der Waals surface area contributed by atoms with Crippen LogP contribution in [-0.2, 0) is 0 Å². The summed E-state index contributed by atoms with van der Waals surface area (Å²) in [6.07, 6.45) is 5.58. The van der Waals surface area contributed by atoms with Crippen LogP contribution in [0.15, 0.2) is 72.5 Å². The summed E-state index contributed by atoms with van der Waals surface area (Å²) < 4.78 is 27.7. The van der Waals surface area contributed by atoms with Crippen LogP contribution in [0.3, 0.4) is 0 Å². The molecule has 0 saturated carbocycles. The number of benzene rings is 3. The van der Waals surface area contributed by atoms with Crippen LogP contribution in [0.2, 0.25) is 0 Å². The van der Waals surface area contributed by atoms with Gasteiger partial charge in [0.2, 0.25) is 11.5 Å². The van der Waals surface area contributed by atoms with E-state index in [0.717, 1.165) is 5.56 Å². The quantitative estimate of drug-likeness (QED) is 0.432. The summed E-state index contributed by atoms with van der Waals surface area (Å²) in [4.78, 5) is 12.8. The number of hydrogen-bond acceptors (Lipinski definition) is 6. The number of methoxy groups -OCH3 is 3. The van der Waals surface area contributed by atoms with Crippen LogP contribution in [0.5, 0.6) is 28.7 Å². The second-order valence-corrected chi connectivity index (χ2v) is 7.18. The molecule has 0 spiro atoms. The minimum absolute atomic E-state index is 0.200. The van der Waals surface area contributed by atoms with E-state index in [1.54, 1.807) is 36.4 Å². The summed E-state index contributed by atoms with van der Waals surface area (Å²) in [5.41, 5.74) is 2.27. The first-order valence-corrected chi connectivity index (χ1v) is 10.4. The number of rotatable bonds is 8. The zero-order valence-electron chi connectivity index (χ0n) is 18.7. The summed E-state index contributed by atoms with van der Waals surface area (Å²) >= 11 is 0. The average molecular weight is 444 g/mol. The fourth-order valence-corrected chi connectivity index (χ4v) is 3.49. The molecule has 1 aliphatic heterocycles. The smallest absolute Gasteiger partial charge is 0.231 e. The standard InChI is InChI=1S/C27H24O6/c1-29-24-15-19(16-25(30-2)27(24)31-3)14-23-26(28)21-12-11-20(17-22(21)33-23)32-13-7-10-18-8-5-4-6-9-18/h4-12,14-17H,13H2,1-3H3. The molecule has 0 amide bonds. The fraction of sp³-hybridized carbons (Fsp3) is 0.148. The van der Waals surface area contributed by atoms with Crippen LogP contribution in [0.25, 0.3) is 12.2 Å². The zero-order chi connectivity index (χ0) is 23.2. The molecule has 4 rings (SSSR count). The third kappa shape index (κ3) is 4.85. The number of fused-ring (bicyclic) bond motifs is 1. The van der Waals surface area contributed by atoms with Crippen molar-refractivity contribution >= 4 is 17.9 Å². The lowest BCUT2D eigenvalue weighted by molar-refractivity contribution is 0.101. The summed E-state index contributed by atoms with van der Waals surface area (Å²) in [7, 11) is 4.62. The number of ketones is 1. The molecule has 1 aliphatic rings. The molecule has 3 aromatic carbocycles. The Morgan fingerprint density at radius 2 is 1.58 bits per heavy atom. The first-order chi connectivity index (χ1) is 16.1. The molecule has 168 valence electrons. The molecule has 0 aliphatic carbocycles. The van der Waals surface area contributed by atoms with Crippen molar-refractivity contribution in [1.82, 2.24) is 0 Å². The highest BCUT2D eigenvalue weighted by molar-refractivity contribution is 6.14. The van der Waals surface area contributed by atoms with Crippen molar-refractivity contribution in [2.75, 3.05) is 27.9 Å². The van der Waals surface area contributed by atoms with Gasteiger partial charge in [0.25, 0.3) is 0 Å². The third-order valence-electron chi connectivity index (χ3n) is 5.08. The predicted octanol–water partition coefficient (Wildman–Crippen LogP) is 5.42. The Kier molecular flexibility index (Phi) is 6.64. The Hall–Kier alpha value is -4.19. The van der Waals surface area contributed by atoms with Gasteiger partial charge in [-0.3, -0.25) is 4.79 Å². The van der Waals surface area contributed by atoms with Crippen LogP contribution in [0, 0.1) is 0 Å². The fourth-order valence-electron chi connectivity index (χ4n) is 3.49. The molecular formula is C27H24O6. The van der Waals surface area contributed by atoms with Gasteiger partial charge in [0.1, 0.15) is 18.1 Å². The van der Waals surface area contributed by atoms with E-state index < -0.39 is 0 Å². The van der Waals surface area contributed by atoms with Gasteiger partial charge < -0.3 is 23.7 Å². The zero-order valence-corrected chi connectivity index (χ0v) is 18.7. The van der Waals surface area contributed by atoms with Crippen molar-refractivity contribution in [2.45, 2.75) is 0 Å². The molecule has 0 radical (unpaired) electrons. The first kappa shape index (κ1) is 22.0. The van der Waals surface area contributed by atoms with Crippen molar-refractivity contribution in [3.8, 4) is 28.7 Å². The Bertz CT molecular complexity index is 1190.